The van der Waals surface area contributed by atoms with Gasteiger partial charge in [0.15, 0.2) is 0 Å². The van der Waals surface area contributed by atoms with E-state index in [1.54, 1.807) is 20.8 Å². The van der Waals surface area contributed by atoms with Crippen LogP contribution in [0.5, 0.6) is 0 Å². The molecule has 1 aromatic carbocycles. The van der Waals surface area contributed by atoms with E-state index in [9.17, 15) is 25.0 Å². The lowest BCUT2D eigenvalue weighted by atomic mass is 9.96. The highest BCUT2D eigenvalue weighted by Crippen LogP contribution is 2.23. The number of esters is 1. The van der Waals surface area contributed by atoms with Gasteiger partial charge in [-0.3, -0.25) is 10.1 Å². The third-order valence-electron chi connectivity index (χ3n) is 3.94. The van der Waals surface area contributed by atoms with Crippen LogP contribution in [0, 0.1) is 27.4 Å². The number of nitro benzene ring substituents is 1. The fourth-order valence-electron chi connectivity index (χ4n) is 2.61. The molecule has 0 N–H and O–H groups in total. The van der Waals surface area contributed by atoms with Crippen LogP contribution in [0.25, 0.3) is 0 Å². The fraction of sp³-hybridized carbons (Fsp3) is 0.500. The molecule has 2 rings (SSSR count). The molecule has 1 aliphatic rings. The molecule has 1 saturated heterocycles. The van der Waals surface area contributed by atoms with Crippen LogP contribution < -0.4 is 0 Å². The van der Waals surface area contributed by atoms with Crippen molar-refractivity contribution in [1.82, 2.24) is 4.90 Å². The summed E-state index contributed by atoms with van der Waals surface area (Å²) in [5.74, 6) is -1.35. The van der Waals surface area contributed by atoms with Crippen molar-refractivity contribution in [3.8, 4) is 6.07 Å². The van der Waals surface area contributed by atoms with Crippen molar-refractivity contribution in [2.75, 3.05) is 13.1 Å². The predicted molar refractivity (Wildman–Crippen MR) is 93.8 cm³/mol. The summed E-state index contributed by atoms with van der Waals surface area (Å²) in [4.78, 5) is 35.9. The molecule has 1 heterocycles. The van der Waals surface area contributed by atoms with Crippen molar-refractivity contribution in [2.45, 2.75) is 38.9 Å². The third kappa shape index (κ3) is 5.41. The number of likely N-dealkylation sites (tertiary alicyclic amines) is 1. The molecule has 1 amide bonds. The number of carbonyl (C=O) groups is 2. The number of hydrogen-bond donors (Lipinski definition) is 0. The van der Waals surface area contributed by atoms with Gasteiger partial charge in [-0.15, -0.1) is 0 Å². The predicted octanol–water partition coefficient (Wildman–Crippen LogP) is 2.90. The minimum absolute atomic E-state index is 0.101. The maximum Gasteiger partial charge on any atom is 0.410 e. The van der Waals surface area contributed by atoms with Gasteiger partial charge in [-0.1, -0.05) is 0 Å². The molecule has 0 aliphatic carbocycles. The van der Waals surface area contributed by atoms with Crippen LogP contribution in [0.15, 0.2) is 24.3 Å². The highest BCUT2D eigenvalue weighted by molar-refractivity contribution is 5.89. The Morgan fingerprint density at radius 3 is 2.44 bits per heavy atom. The standard InChI is InChI=1S/C18H21N3O6/c1-18(2,3)27-17(23)20-9-8-15(13(10-19)11-20)26-16(22)12-4-6-14(7-5-12)21(24)25/h4-7,13,15H,8-9,11H2,1-3H3. The second kappa shape index (κ2) is 8.03. The van der Waals surface area contributed by atoms with Gasteiger partial charge in [-0.25, -0.2) is 9.59 Å². The van der Waals surface area contributed by atoms with E-state index >= 15 is 0 Å². The molecule has 0 spiro atoms. The number of nitro groups is 1. The minimum Gasteiger partial charge on any atom is -0.457 e. The molecule has 144 valence electrons. The summed E-state index contributed by atoms with van der Waals surface area (Å²) < 4.78 is 10.7. The highest BCUT2D eigenvalue weighted by Gasteiger charge is 2.36. The first kappa shape index (κ1) is 20.2. The van der Waals surface area contributed by atoms with E-state index in [1.807, 2.05) is 0 Å². The number of carbonyl (C=O) groups excluding carboxylic acids is 2. The van der Waals surface area contributed by atoms with Crippen molar-refractivity contribution < 1.29 is 24.0 Å². The van der Waals surface area contributed by atoms with Crippen molar-refractivity contribution in [2.24, 2.45) is 5.92 Å². The second-order valence-electron chi connectivity index (χ2n) is 7.20. The second-order valence-corrected chi connectivity index (χ2v) is 7.20. The van der Waals surface area contributed by atoms with E-state index in [1.165, 1.54) is 29.2 Å². The highest BCUT2D eigenvalue weighted by atomic mass is 16.6. The normalized spacial score (nSPS) is 19.7. The summed E-state index contributed by atoms with van der Waals surface area (Å²) in [5.41, 5.74) is -0.614. The zero-order chi connectivity index (χ0) is 20.2. The van der Waals surface area contributed by atoms with Crippen molar-refractivity contribution in [3.05, 3.63) is 39.9 Å². The Kier molecular flexibility index (Phi) is 6.00. The maximum atomic E-state index is 12.3. The van der Waals surface area contributed by atoms with Crippen molar-refractivity contribution >= 4 is 17.7 Å². The molecule has 1 aliphatic heterocycles. The SMILES string of the molecule is CC(C)(C)OC(=O)N1CCC(OC(=O)c2ccc([N+](=O)[O-])cc2)C(C#N)C1. The summed E-state index contributed by atoms with van der Waals surface area (Å²) in [5, 5.41) is 20.0. The Balaban J connectivity index is 1.99. The van der Waals surface area contributed by atoms with E-state index in [0.717, 1.165) is 0 Å². The topological polar surface area (TPSA) is 123 Å². The largest absolute Gasteiger partial charge is 0.457 e. The quantitative estimate of drug-likeness (QED) is 0.452. The zero-order valence-electron chi connectivity index (χ0n) is 15.4. The van der Waals surface area contributed by atoms with Gasteiger partial charge in [0.25, 0.3) is 5.69 Å². The third-order valence-corrected chi connectivity index (χ3v) is 3.94. The lowest BCUT2D eigenvalue weighted by Crippen LogP contribution is -2.48. The van der Waals surface area contributed by atoms with Crippen LogP contribution in [-0.2, 0) is 9.47 Å². The van der Waals surface area contributed by atoms with Crippen LogP contribution >= 0.6 is 0 Å². The number of hydrogen-bond acceptors (Lipinski definition) is 7. The number of benzene rings is 1. The molecule has 9 heteroatoms. The number of amides is 1. The zero-order valence-corrected chi connectivity index (χ0v) is 15.4. The molecule has 0 saturated carbocycles. The van der Waals surface area contributed by atoms with Gasteiger partial charge in [-0.2, -0.15) is 5.26 Å². The van der Waals surface area contributed by atoms with Gasteiger partial charge < -0.3 is 14.4 Å². The first-order valence-electron chi connectivity index (χ1n) is 8.43. The Morgan fingerprint density at radius 2 is 1.93 bits per heavy atom. The monoisotopic (exact) mass is 375 g/mol. The molecule has 2 unspecified atom stereocenters. The summed E-state index contributed by atoms with van der Waals surface area (Å²) in [6.45, 7) is 5.66. The average molecular weight is 375 g/mol. The van der Waals surface area contributed by atoms with Gasteiger partial charge in [0, 0.05) is 31.6 Å². The molecular formula is C18H21N3O6. The summed E-state index contributed by atoms with van der Waals surface area (Å²) >= 11 is 0. The van der Waals surface area contributed by atoms with Crippen LogP contribution in [0.3, 0.4) is 0 Å². The van der Waals surface area contributed by atoms with Gasteiger partial charge in [0.1, 0.15) is 17.6 Å². The average Bonchev–Trinajstić information content (AvgIpc) is 2.60. The Bertz CT molecular complexity index is 763. The first-order chi connectivity index (χ1) is 12.6. The van der Waals surface area contributed by atoms with Gasteiger partial charge in [0.05, 0.1) is 16.6 Å². The molecule has 0 aromatic heterocycles. The smallest absolute Gasteiger partial charge is 0.410 e. The van der Waals surface area contributed by atoms with E-state index in [0.29, 0.717) is 13.0 Å². The molecule has 0 bridgehead atoms. The van der Waals surface area contributed by atoms with Crippen LogP contribution in [0.1, 0.15) is 37.6 Å². The van der Waals surface area contributed by atoms with Gasteiger partial charge in [0.2, 0.25) is 0 Å². The van der Waals surface area contributed by atoms with E-state index in [2.05, 4.69) is 6.07 Å². The number of piperidine rings is 1. The summed E-state index contributed by atoms with van der Waals surface area (Å²) in [7, 11) is 0. The lowest BCUT2D eigenvalue weighted by Gasteiger charge is -2.35. The Morgan fingerprint density at radius 1 is 1.30 bits per heavy atom. The molecular weight excluding hydrogens is 354 g/mol. The lowest BCUT2D eigenvalue weighted by molar-refractivity contribution is -0.384. The Hall–Kier alpha value is -3.15. The molecule has 0 radical (unpaired) electrons. The van der Waals surface area contributed by atoms with E-state index < -0.39 is 34.6 Å². The number of rotatable bonds is 3. The molecule has 9 nitrogen and oxygen atoms in total. The summed E-state index contributed by atoms with van der Waals surface area (Å²) in [6, 6.07) is 7.10. The van der Waals surface area contributed by atoms with Gasteiger partial charge in [-0.05, 0) is 32.9 Å². The first-order valence-corrected chi connectivity index (χ1v) is 8.43. The molecule has 1 fully saturated rings. The molecule has 2 atom stereocenters. The van der Waals surface area contributed by atoms with Gasteiger partial charge >= 0.3 is 12.1 Å². The minimum atomic E-state index is -0.687. The molecule has 27 heavy (non-hydrogen) atoms. The van der Waals surface area contributed by atoms with Crippen molar-refractivity contribution in [1.29, 1.82) is 5.26 Å². The Labute approximate surface area is 156 Å². The van der Waals surface area contributed by atoms with Crippen molar-refractivity contribution in [3.63, 3.8) is 0 Å². The number of non-ortho nitro benzene ring substituents is 1. The van der Waals surface area contributed by atoms with E-state index in [-0.39, 0.29) is 17.8 Å². The van der Waals surface area contributed by atoms with Crippen LogP contribution in [0.2, 0.25) is 0 Å². The fourth-order valence-corrected chi connectivity index (χ4v) is 2.61. The number of nitriles is 1. The van der Waals surface area contributed by atoms with Crippen LogP contribution in [0.4, 0.5) is 10.5 Å². The molecule has 1 aromatic rings. The number of ether oxygens (including phenoxy) is 2. The summed E-state index contributed by atoms with van der Waals surface area (Å²) in [6.07, 6.45) is -0.879. The van der Waals surface area contributed by atoms with E-state index in [4.69, 9.17) is 9.47 Å². The maximum absolute atomic E-state index is 12.3. The number of nitrogens with zero attached hydrogens (tertiary/aromatic N) is 3. The van der Waals surface area contributed by atoms with Crippen LogP contribution in [-0.4, -0.2) is 46.7 Å².